The Balaban J connectivity index is 1.91. The van der Waals surface area contributed by atoms with Crippen LogP contribution in [0, 0.1) is 5.82 Å². The number of rotatable bonds is 5. The molecule has 21 heavy (non-hydrogen) atoms. The Morgan fingerprint density at radius 2 is 2.00 bits per heavy atom. The number of aliphatic hydroxyl groups is 1. The SMILES string of the molecule is CC(O)c1ccc(OCC(=O)Nc2ccccc2)cc1F. The lowest BCUT2D eigenvalue weighted by molar-refractivity contribution is -0.118. The average molecular weight is 289 g/mol. The largest absolute Gasteiger partial charge is 0.484 e. The van der Waals surface area contributed by atoms with E-state index in [4.69, 9.17) is 4.74 Å². The first-order valence-corrected chi connectivity index (χ1v) is 6.51. The zero-order valence-electron chi connectivity index (χ0n) is 11.5. The minimum Gasteiger partial charge on any atom is -0.484 e. The summed E-state index contributed by atoms with van der Waals surface area (Å²) < 4.78 is 18.9. The van der Waals surface area contributed by atoms with Crippen LogP contribution in [0.3, 0.4) is 0 Å². The summed E-state index contributed by atoms with van der Waals surface area (Å²) in [4.78, 5) is 11.7. The molecule has 2 aromatic carbocycles. The maximum absolute atomic E-state index is 13.6. The maximum atomic E-state index is 13.6. The number of aliphatic hydroxyl groups excluding tert-OH is 1. The Morgan fingerprint density at radius 1 is 1.29 bits per heavy atom. The highest BCUT2D eigenvalue weighted by molar-refractivity contribution is 5.91. The van der Waals surface area contributed by atoms with Gasteiger partial charge in [-0.15, -0.1) is 0 Å². The van der Waals surface area contributed by atoms with Crippen molar-refractivity contribution in [3.05, 3.63) is 59.9 Å². The van der Waals surface area contributed by atoms with Gasteiger partial charge in [0, 0.05) is 17.3 Å². The van der Waals surface area contributed by atoms with E-state index in [0.29, 0.717) is 5.69 Å². The van der Waals surface area contributed by atoms with Crippen molar-refractivity contribution in [2.45, 2.75) is 13.0 Å². The average Bonchev–Trinajstić information content (AvgIpc) is 2.46. The van der Waals surface area contributed by atoms with Gasteiger partial charge in [0.2, 0.25) is 0 Å². The molecule has 0 radical (unpaired) electrons. The Hall–Kier alpha value is -2.40. The molecule has 1 amide bonds. The lowest BCUT2D eigenvalue weighted by Gasteiger charge is -2.10. The molecule has 0 aromatic heterocycles. The van der Waals surface area contributed by atoms with Crippen molar-refractivity contribution >= 4 is 11.6 Å². The van der Waals surface area contributed by atoms with Crippen molar-refractivity contribution in [3.63, 3.8) is 0 Å². The van der Waals surface area contributed by atoms with Gasteiger partial charge in [0.15, 0.2) is 6.61 Å². The van der Waals surface area contributed by atoms with Crippen LogP contribution in [0.4, 0.5) is 10.1 Å². The number of amides is 1. The number of anilines is 1. The summed E-state index contributed by atoms with van der Waals surface area (Å²) in [5.41, 5.74) is 0.859. The number of hydrogen-bond acceptors (Lipinski definition) is 3. The van der Waals surface area contributed by atoms with Crippen molar-refractivity contribution in [1.29, 1.82) is 0 Å². The van der Waals surface area contributed by atoms with Crippen LogP contribution in [0.2, 0.25) is 0 Å². The van der Waals surface area contributed by atoms with Crippen molar-refractivity contribution in [3.8, 4) is 5.75 Å². The first kappa shape index (κ1) is 15.0. The molecule has 0 fully saturated rings. The highest BCUT2D eigenvalue weighted by atomic mass is 19.1. The molecule has 0 heterocycles. The van der Waals surface area contributed by atoms with Gasteiger partial charge in [-0.05, 0) is 31.2 Å². The third-order valence-corrected chi connectivity index (χ3v) is 2.85. The number of carbonyl (C=O) groups excluding carboxylic acids is 1. The highest BCUT2D eigenvalue weighted by Gasteiger charge is 2.10. The van der Waals surface area contributed by atoms with Gasteiger partial charge < -0.3 is 15.2 Å². The molecule has 0 saturated heterocycles. The number of nitrogens with one attached hydrogen (secondary N) is 1. The first-order chi connectivity index (χ1) is 10.1. The molecule has 0 bridgehead atoms. The second kappa shape index (κ2) is 6.85. The molecule has 2 rings (SSSR count). The van der Waals surface area contributed by atoms with E-state index in [1.165, 1.54) is 19.1 Å². The summed E-state index contributed by atoms with van der Waals surface area (Å²) in [7, 11) is 0. The molecular formula is C16H16FNO3. The van der Waals surface area contributed by atoms with Crippen LogP contribution in [-0.4, -0.2) is 17.6 Å². The van der Waals surface area contributed by atoms with E-state index >= 15 is 0 Å². The van der Waals surface area contributed by atoms with E-state index < -0.39 is 11.9 Å². The van der Waals surface area contributed by atoms with E-state index in [1.54, 1.807) is 24.3 Å². The van der Waals surface area contributed by atoms with Crippen LogP contribution in [0.5, 0.6) is 5.75 Å². The molecule has 2 aromatic rings. The summed E-state index contributed by atoms with van der Waals surface area (Å²) in [5, 5.41) is 12.0. The molecule has 4 nitrogen and oxygen atoms in total. The third-order valence-electron chi connectivity index (χ3n) is 2.85. The molecule has 1 atom stereocenters. The van der Waals surface area contributed by atoms with Crippen LogP contribution in [0.15, 0.2) is 48.5 Å². The summed E-state index contributed by atoms with van der Waals surface area (Å²) in [6, 6.07) is 13.1. The summed E-state index contributed by atoms with van der Waals surface area (Å²) in [5.74, 6) is -0.660. The zero-order valence-corrected chi connectivity index (χ0v) is 11.5. The fourth-order valence-electron chi connectivity index (χ4n) is 1.80. The Bertz CT molecular complexity index is 614. The van der Waals surface area contributed by atoms with E-state index in [9.17, 15) is 14.3 Å². The van der Waals surface area contributed by atoms with Gasteiger partial charge in [0.25, 0.3) is 5.91 Å². The van der Waals surface area contributed by atoms with Gasteiger partial charge in [0.1, 0.15) is 11.6 Å². The monoisotopic (exact) mass is 289 g/mol. The molecule has 1 unspecified atom stereocenters. The molecule has 0 aliphatic rings. The van der Waals surface area contributed by atoms with Gasteiger partial charge in [-0.1, -0.05) is 18.2 Å². The lowest BCUT2D eigenvalue weighted by atomic mass is 10.1. The van der Waals surface area contributed by atoms with Gasteiger partial charge in [-0.3, -0.25) is 4.79 Å². The maximum Gasteiger partial charge on any atom is 0.262 e. The third kappa shape index (κ3) is 4.29. The Morgan fingerprint density at radius 3 is 2.62 bits per heavy atom. The normalized spacial score (nSPS) is 11.8. The Kier molecular flexibility index (Phi) is 4.90. The van der Waals surface area contributed by atoms with Crippen LogP contribution in [-0.2, 0) is 4.79 Å². The number of benzene rings is 2. The molecule has 5 heteroatoms. The van der Waals surface area contributed by atoms with Crippen LogP contribution in [0.25, 0.3) is 0 Å². The summed E-state index contributed by atoms with van der Waals surface area (Å²) in [6.45, 7) is 1.26. The topological polar surface area (TPSA) is 58.6 Å². The summed E-state index contributed by atoms with van der Waals surface area (Å²) >= 11 is 0. The minimum atomic E-state index is -0.888. The van der Waals surface area contributed by atoms with Crippen LogP contribution < -0.4 is 10.1 Å². The van der Waals surface area contributed by atoms with Crippen LogP contribution in [0.1, 0.15) is 18.6 Å². The fourth-order valence-corrected chi connectivity index (χ4v) is 1.80. The predicted octanol–water partition coefficient (Wildman–Crippen LogP) is 2.90. The second-order valence-electron chi connectivity index (χ2n) is 4.56. The van der Waals surface area contributed by atoms with Crippen molar-refractivity contribution in [2.75, 3.05) is 11.9 Å². The zero-order chi connectivity index (χ0) is 15.2. The molecule has 0 saturated carbocycles. The van der Waals surface area contributed by atoms with Crippen LogP contribution >= 0.6 is 0 Å². The first-order valence-electron chi connectivity index (χ1n) is 6.51. The smallest absolute Gasteiger partial charge is 0.262 e. The van der Waals surface area contributed by atoms with Gasteiger partial charge in [-0.2, -0.15) is 0 Å². The molecule has 0 spiro atoms. The van der Waals surface area contributed by atoms with Gasteiger partial charge in [-0.25, -0.2) is 4.39 Å². The molecule has 2 N–H and O–H groups in total. The number of ether oxygens (including phenoxy) is 1. The molecular weight excluding hydrogens is 273 g/mol. The predicted molar refractivity (Wildman–Crippen MR) is 77.6 cm³/mol. The number of hydrogen-bond donors (Lipinski definition) is 2. The summed E-state index contributed by atoms with van der Waals surface area (Å²) in [6.07, 6.45) is -0.888. The number of para-hydroxylation sites is 1. The quantitative estimate of drug-likeness (QED) is 0.889. The number of carbonyl (C=O) groups is 1. The van der Waals surface area contributed by atoms with Gasteiger partial charge >= 0.3 is 0 Å². The van der Waals surface area contributed by atoms with Gasteiger partial charge in [0.05, 0.1) is 6.10 Å². The van der Waals surface area contributed by atoms with E-state index in [-0.39, 0.29) is 23.8 Å². The molecule has 110 valence electrons. The lowest BCUT2D eigenvalue weighted by Crippen LogP contribution is -2.20. The van der Waals surface area contributed by atoms with Crippen molar-refractivity contribution in [1.82, 2.24) is 0 Å². The van der Waals surface area contributed by atoms with Crippen molar-refractivity contribution in [2.24, 2.45) is 0 Å². The fraction of sp³-hybridized carbons (Fsp3) is 0.188. The molecule has 0 aliphatic carbocycles. The second-order valence-corrected chi connectivity index (χ2v) is 4.56. The van der Waals surface area contributed by atoms with E-state index in [0.717, 1.165) is 6.07 Å². The van der Waals surface area contributed by atoms with E-state index in [2.05, 4.69) is 5.32 Å². The standard InChI is InChI=1S/C16H16FNO3/c1-11(19)14-8-7-13(9-15(14)17)21-10-16(20)18-12-5-3-2-4-6-12/h2-9,11,19H,10H2,1H3,(H,18,20). The number of halogens is 1. The minimum absolute atomic E-state index is 0.191. The Labute approximate surface area is 122 Å². The molecule has 0 aliphatic heterocycles. The highest BCUT2D eigenvalue weighted by Crippen LogP contribution is 2.21. The van der Waals surface area contributed by atoms with E-state index in [1.807, 2.05) is 6.07 Å². The van der Waals surface area contributed by atoms with Crippen molar-refractivity contribution < 1.29 is 19.0 Å².